The fourth-order valence-electron chi connectivity index (χ4n) is 2.61. The summed E-state index contributed by atoms with van der Waals surface area (Å²) in [6.07, 6.45) is 0.447. The molecule has 1 atom stereocenters. The van der Waals surface area contributed by atoms with Crippen molar-refractivity contribution in [1.82, 2.24) is 25.1 Å². The standard InChI is InChI=1S/C17H23N5O3/c1-4-14-19-16(21-20-14)13-10-22(8-9-24-13)17(23)12-6-5-7-15(18-12)25-11(2)3/h5-7,11,13H,4,8-10H2,1-3H3,(H,19,20,21). The minimum Gasteiger partial charge on any atom is -0.475 e. The summed E-state index contributed by atoms with van der Waals surface area (Å²) in [7, 11) is 0. The van der Waals surface area contributed by atoms with E-state index in [-0.39, 0.29) is 18.1 Å². The number of aromatic nitrogens is 4. The Kier molecular flexibility index (Phi) is 5.28. The van der Waals surface area contributed by atoms with Crippen LogP contribution in [0.3, 0.4) is 0 Å². The number of morpholine rings is 1. The Morgan fingerprint density at radius 2 is 2.28 bits per heavy atom. The highest BCUT2D eigenvalue weighted by molar-refractivity contribution is 5.92. The van der Waals surface area contributed by atoms with Crippen LogP contribution < -0.4 is 4.74 Å². The van der Waals surface area contributed by atoms with Crippen molar-refractivity contribution in [3.05, 3.63) is 35.5 Å². The van der Waals surface area contributed by atoms with E-state index in [2.05, 4.69) is 20.2 Å². The lowest BCUT2D eigenvalue weighted by Gasteiger charge is -2.31. The smallest absolute Gasteiger partial charge is 0.272 e. The molecule has 0 aliphatic carbocycles. The molecule has 8 nitrogen and oxygen atoms in total. The van der Waals surface area contributed by atoms with Crippen molar-refractivity contribution >= 4 is 5.91 Å². The summed E-state index contributed by atoms with van der Waals surface area (Å²) in [5.41, 5.74) is 0.364. The van der Waals surface area contributed by atoms with Crippen LogP contribution in [0, 0.1) is 0 Å². The summed E-state index contributed by atoms with van der Waals surface area (Å²) >= 11 is 0. The van der Waals surface area contributed by atoms with Crippen molar-refractivity contribution < 1.29 is 14.3 Å². The first-order valence-electron chi connectivity index (χ1n) is 8.52. The van der Waals surface area contributed by atoms with Gasteiger partial charge in [0.05, 0.1) is 19.3 Å². The number of H-pyrrole nitrogens is 1. The molecule has 2 aromatic heterocycles. The molecule has 1 fully saturated rings. The van der Waals surface area contributed by atoms with E-state index in [0.29, 0.717) is 37.1 Å². The monoisotopic (exact) mass is 345 g/mol. The molecule has 1 saturated heterocycles. The number of carbonyl (C=O) groups excluding carboxylic acids is 1. The van der Waals surface area contributed by atoms with Crippen LogP contribution in [0.1, 0.15) is 49.0 Å². The minimum absolute atomic E-state index is 0.00382. The second-order valence-corrected chi connectivity index (χ2v) is 6.13. The van der Waals surface area contributed by atoms with Crippen molar-refractivity contribution in [3.8, 4) is 5.88 Å². The molecule has 0 aromatic carbocycles. The van der Waals surface area contributed by atoms with Crippen LogP contribution >= 0.6 is 0 Å². The quantitative estimate of drug-likeness (QED) is 0.887. The summed E-state index contributed by atoms with van der Waals surface area (Å²) in [6.45, 7) is 7.19. The van der Waals surface area contributed by atoms with Crippen LogP contribution in [0.2, 0.25) is 0 Å². The molecule has 134 valence electrons. The summed E-state index contributed by atoms with van der Waals surface area (Å²) in [6, 6.07) is 5.22. The highest BCUT2D eigenvalue weighted by Crippen LogP contribution is 2.21. The van der Waals surface area contributed by atoms with Crippen LogP contribution in [0.25, 0.3) is 0 Å². The Balaban J connectivity index is 1.71. The molecule has 25 heavy (non-hydrogen) atoms. The zero-order valence-electron chi connectivity index (χ0n) is 14.7. The van der Waals surface area contributed by atoms with Gasteiger partial charge in [0, 0.05) is 19.0 Å². The summed E-state index contributed by atoms with van der Waals surface area (Å²) in [5.74, 6) is 1.70. The third-order valence-corrected chi connectivity index (χ3v) is 3.82. The van der Waals surface area contributed by atoms with E-state index in [0.717, 1.165) is 12.2 Å². The number of ether oxygens (including phenoxy) is 2. The molecule has 1 aliphatic rings. The maximum absolute atomic E-state index is 12.8. The van der Waals surface area contributed by atoms with Gasteiger partial charge in [0.2, 0.25) is 5.88 Å². The van der Waals surface area contributed by atoms with E-state index in [1.165, 1.54) is 0 Å². The molecule has 1 amide bonds. The first kappa shape index (κ1) is 17.3. The van der Waals surface area contributed by atoms with Crippen LogP contribution in [0.5, 0.6) is 5.88 Å². The Bertz CT molecular complexity index is 731. The number of aryl methyl sites for hydroxylation is 1. The lowest BCUT2D eigenvalue weighted by atomic mass is 10.2. The number of nitrogens with one attached hydrogen (secondary N) is 1. The van der Waals surface area contributed by atoms with Crippen LogP contribution in [0.4, 0.5) is 0 Å². The second kappa shape index (κ2) is 7.60. The Hall–Kier alpha value is -2.48. The molecule has 8 heteroatoms. The van der Waals surface area contributed by atoms with Gasteiger partial charge in [-0.2, -0.15) is 5.10 Å². The molecule has 3 heterocycles. The normalized spacial score (nSPS) is 17.8. The zero-order chi connectivity index (χ0) is 17.8. The number of carbonyl (C=O) groups is 1. The highest BCUT2D eigenvalue weighted by Gasteiger charge is 2.29. The average Bonchev–Trinajstić information content (AvgIpc) is 3.10. The van der Waals surface area contributed by atoms with Crippen molar-refractivity contribution in [2.45, 2.75) is 39.4 Å². The van der Waals surface area contributed by atoms with Gasteiger partial charge in [-0.25, -0.2) is 9.97 Å². The first-order chi connectivity index (χ1) is 12.1. The van der Waals surface area contributed by atoms with E-state index in [4.69, 9.17) is 9.47 Å². The van der Waals surface area contributed by atoms with E-state index in [1.807, 2.05) is 20.8 Å². The Morgan fingerprint density at radius 3 is 3.00 bits per heavy atom. The van der Waals surface area contributed by atoms with E-state index in [1.54, 1.807) is 23.1 Å². The third-order valence-electron chi connectivity index (χ3n) is 3.82. The number of hydrogen-bond acceptors (Lipinski definition) is 6. The average molecular weight is 345 g/mol. The summed E-state index contributed by atoms with van der Waals surface area (Å²) in [4.78, 5) is 23.2. The van der Waals surface area contributed by atoms with Crippen molar-refractivity contribution in [2.24, 2.45) is 0 Å². The molecule has 0 spiro atoms. The van der Waals surface area contributed by atoms with Crippen LogP contribution in [-0.4, -0.2) is 56.8 Å². The molecule has 0 radical (unpaired) electrons. The van der Waals surface area contributed by atoms with Crippen LogP contribution in [0.15, 0.2) is 18.2 Å². The third kappa shape index (κ3) is 4.14. The molecular weight excluding hydrogens is 322 g/mol. The molecule has 2 aromatic rings. The van der Waals surface area contributed by atoms with E-state index < -0.39 is 0 Å². The number of hydrogen-bond donors (Lipinski definition) is 1. The Labute approximate surface area is 146 Å². The molecule has 1 N–H and O–H groups in total. The van der Waals surface area contributed by atoms with Gasteiger partial charge in [0.25, 0.3) is 5.91 Å². The highest BCUT2D eigenvalue weighted by atomic mass is 16.5. The van der Waals surface area contributed by atoms with Gasteiger partial charge < -0.3 is 14.4 Å². The van der Waals surface area contributed by atoms with Gasteiger partial charge in [-0.05, 0) is 19.9 Å². The number of amides is 1. The predicted molar refractivity (Wildman–Crippen MR) is 90.4 cm³/mol. The van der Waals surface area contributed by atoms with Crippen molar-refractivity contribution in [3.63, 3.8) is 0 Å². The van der Waals surface area contributed by atoms with Crippen LogP contribution in [-0.2, 0) is 11.2 Å². The SMILES string of the molecule is CCc1nc(C2CN(C(=O)c3cccc(OC(C)C)n3)CCO2)n[nH]1. The molecule has 1 aliphatic heterocycles. The number of rotatable bonds is 5. The minimum atomic E-state index is -0.329. The largest absolute Gasteiger partial charge is 0.475 e. The molecular formula is C17H23N5O3. The summed E-state index contributed by atoms with van der Waals surface area (Å²) in [5, 5.41) is 7.07. The number of pyridine rings is 1. The number of nitrogens with zero attached hydrogens (tertiary/aromatic N) is 4. The zero-order valence-corrected chi connectivity index (χ0v) is 14.7. The number of aromatic amines is 1. The molecule has 1 unspecified atom stereocenters. The van der Waals surface area contributed by atoms with Gasteiger partial charge in [0.15, 0.2) is 5.82 Å². The van der Waals surface area contributed by atoms with Crippen molar-refractivity contribution in [1.29, 1.82) is 0 Å². The first-order valence-corrected chi connectivity index (χ1v) is 8.52. The van der Waals surface area contributed by atoms with Gasteiger partial charge in [-0.1, -0.05) is 13.0 Å². The molecule has 3 rings (SSSR count). The predicted octanol–water partition coefficient (Wildman–Crippen LogP) is 1.76. The maximum atomic E-state index is 12.8. The lowest BCUT2D eigenvalue weighted by Crippen LogP contribution is -2.42. The maximum Gasteiger partial charge on any atom is 0.272 e. The molecule has 0 bridgehead atoms. The Morgan fingerprint density at radius 1 is 1.44 bits per heavy atom. The van der Waals surface area contributed by atoms with E-state index >= 15 is 0 Å². The molecule has 0 saturated carbocycles. The van der Waals surface area contributed by atoms with Gasteiger partial charge in [0.1, 0.15) is 17.6 Å². The van der Waals surface area contributed by atoms with Crippen molar-refractivity contribution in [2.75, 3.05) is 19.7 Å². The van der Waals surface area contributed by atoms with Gasteiger partial charge >= 0.3 is 0 Å². The fourth-order valence-corrected chi connectivity index (χ4v) is 2.61. The van der Waals surface area contributed by atoms with E-state index in [9.17, 15) is 4.79 Å². The van der Waals surface area contributed by atoms with Gasteiger partial charge in [-0.3, -0.25) is 9.89 Å². The summed E-state index contributed by atoms with van der Waals surface area (Å²) < 4.78 is 11.3. The van der Waals surface area contributed by atoms with Gasteiger partial charge in [-0.15, -0.1) is 0 Å². The second-order valence-electron chi connectivity index (χ2n) is 6.13. The fraction of sp³-hybridized carbons (Fsp3) is 0.529. The lowest BCUT2D eigenvalue weighted by molar-refractivity contribution is -0.0268. The topological polar surface area (TPSA) is 93.2 Å².